The molecule has 10 rings (SSSR count). The highest BCUT2D eigenvalue weighted by atomic mass is 16.7. The maximum Gasteiger partial charge on any atom is 0.195 e. The summed E-state index contributed by atoms with van der Waals surface area (Å²) in [5.41, 5.74) is 4.05. The van der Waals surface area contributed by atoms with E-state index in [1.54, 1.807) is 11.1 Å². The van der Waals surface area contributed by atoms with Crippen LogP contribution < -0.4 is 4.90 Å². The zero-order valence-corrected chi connectivity index (χ0v) is 25.6. The van der Waals surface area contributed by atoms with Gasteiger partial charge in [-0.1, -0.05) is 30.2 Å². The molecule has 5 aliphatic heterocycles. The maximum absolute atomic E-state index is 12.6. The normalized spacial score (nSPS) is 42.0. The molecule has 1 spiro atoms. The molecule has 8 bridgehead atoms. The number of aliphatic hydroxyl groups is 2. The molecule has 1 aromatic rings. The number of benzene rings is 1. The second-order valence-electron chi connectivity index (χ2n) is 14.1. The Labute approximate surface area is 250 Å². The summed E-state index contributed by atoms with van der Waals surface area (Å²) in [5.74, 6) is 0.684. The molecule has 9 aliphatic rings. The van der Waals surface area contributed by atoms with Crippen LogP contribution >= 0.6 is 0 Å². The summed E-state index contributed by atoms with van der Waals surface area (Å²) in [4.78, 5) is 2.05. The third kappa shape index (κ3) is 4.77. The molecule has 8 nitrogen and oxygen atoms in total. The predicted octanol–water partition coefficient (Wildman–Crippen LogP) is 4.22. The van der Waals surface area contributed by atoms with Gasteiger partial charge in [-0.15, -0.1) is 0 Å². The second kappa shape index (κ2) is 11.1. The van der Waals surface area contributed by atoms with Crippen molar-refractivity contribution in [2.75, 3.05) is 52.0 Å². The van der Waals surface area contributed by atoms with Gasteiger partial charge in [-0.25, -0.2) is 0 Å². The Morgan fingerprint density at radius 2 is 1.74 bits per heavy atom. The van der Waals surface area contributed by atoms with Crippen molar-refractivity contribution in [3.8, 4) is 0 Å². The van der Waals surface area contributed by atoms with Crippen LogP contribution in [0.25, 0.3) is 0 Å². The molecule has 9 atom stereocenters. The van der Waals surface area contributed by atoms with Gasteiger partial charge in [-0.2, -0.15) is 0 Å². The Bertz CT molecular complexity index is 1170. The van der Waals surface area contributed by atoms with Crippen LogP contribution in [0.3, 0.4) is 0 Å². The van der Waals surface area contributed by atoms with Crippen molar-refractivity contribution in [2.45, 2.75) is 94.6 Å². The van der Waals surface area contributed by atoms with E-state index in [9.17, 15) is 10.2 Å². The minimum absolute atomic E-state index is 0.0819. The van der Waals surface area contributed by atoms with Gasteiger partial charge in [0.1, 0.15) is 12.2 Å². The minimum Gasteiger partial charge on any atom is -0.387 e. The molecule has 3 saturated carbocycles. The number of nitrogens with zero attached hydrogens (tertiary/aromatic N) is 1. The van der Waals surface area contributed by atoms with E-state index in [0.717, 1.165) is 56.2 Å². The lowest BCUT2D eigenvalue weighted by atomic mass is 9.53. The number of rotatable bonds is 6. The van der Waals surface area contributed by atoms with E-state index in [1.807, 2.05) is 38.4 Å². The number of ether oxygens (including phenoxy) is 5. The Hall–Kier alpha value is -1.52. The van der Waals surface area contributed by atoms with E-state index in [0.29, 0.717) is 57.0 Å². The van der Waals surface area contributed by atoms with Crippen molar-refractivity contribution in [2.24, 2.45) is 23.2 Å². The van der Waals surface area contributed by atoms with Crippen LogP contribution in [0.4, 0.5) is 5.69 Å². The molecule has 2 saturated heterocycles. The van der Waals surface area contributed by atoms with Gasteiger partial charge >= 0.3 is 0 Å². The number of aliphatic hydroxyl groups excluding tert-OH is 1. The molecule has 232 valence electrons. The van der Waals surface area contributed by atoms with E-state index in [1.165, 1.54) is 0 Å². The predicted molar refractivity (Wildman–Crippen MR) is 158 cm³/mol. The van der Waals surface area contributed by atoms with E-state index in [2.05, 4.69) is 11.8 Å². The molecule has 2 N–H and O–H groups in total. The number of hydrogen-bond donors (Lipinski definition) is 2. The third-order valence-electron chi connectivity index (χ3n) is 12.0. The van der Waals surface area contributed by atoms with Crippen molar-refractivity contribution in [1.29, 1.82) is 0 Å². The molecule has 0 aromatic heterocycles. The largest absolute Gasteiger partial charge is 0.387 e. The number of fused-ring (bicyclic) bond motifs is 1. The monoisotopic (exact) mass is 583 g/mol. The molecule has 8 heteroatoms. The van der Waals surface area contributed by atoms with Gasteiger partial charge in [0, 0.05) is 44.5 Å². The fourth-order valence-corrected chi connectivity index (χ4v) is 9.70. The van der Waals surface area contributed by atoms with Gasteiger partial charge < -0.3 is 38.8 Å². The van der Waals surface area contributed by atoms with Gasteiger partial charge in [0.05, 0.1) is 38.6 Å². The lowest BCUT2D eigenvalue weighted by Gasteiger charge is -2.56. The zero-order valence-electron chi connectivity index (χ0n) is 25.6. The molecular formula is C34H49NO7. The molecule has 4 aliphatic carbocycles. The van der Waals surface area contributed by atoms with Gasteiger partial charge in [-0.3, -0.25) is 0 Å². The van der Waals surface area contributed by atoms with Crippen LogP contribution in [-0.2, 0) is 30.1 Å². The van der Waals surface area contributed by atoms with Crippen molar-refractivity contribution in [3.63, 3.8) is 0 Å². The molecular weight excluding hydrogens is 534 g/mol. The van der Waals surface area contributed by atoms with Crippen LogP contribution in [-0.4, -0.2) is 87.2 Å². The van der Waals surface area contributed by atoms with Crippen LogP contribution in [0.5, 0.6) is 0 Å². The number of hydrogen-bond acceptors (Lipinski definition) is 8. The van der Waals surface area contributed by atoms with Crippen molar-refractivity contribution >= 4 is 5.69 Å². The topological polar surface area (TPSA) is 89.9 Å². The molecule has 0 amide bonds. The van der Waals surface area contributed by atoms with Gasteiger partial charge in [0.15, 0.2) is 12.1 Å². The van der Waals surface area contributed by atoms with E-state index >= 15 is 0 Å². The summed E-state index contributed by atoms with van der Waals surface area (Å²) in [7, 11) is 4.02. The molecule has 42 heavy (non-hydrogen) atoms. The summed E-state index contributed by atoms with van der Waals surface area (Å²) >= 11 is 0. The Kier molecular flexibility index (Phi) is 7.74. The molecule has 0 radical (unpaired) electrons. The molecule has 5 heterocycles. The van der Waals surface area contributed by atoms with E-state index in [-0.39, 0.29) is 18.1 Å². The third-order valence-corrected chi connectivity index (χ3v) is 12.0. The van der Waals surface area contributed by atoms with Gasteiger partial charge in [0.25, 0.3) is 0 Å². The van der Waals surface area contributed by atoms with Gasteiger partial charge in [-0.05, 0) is 74.0 Å². The molecule has 5 fully saturated rings. The quantitative estimate of drug-likeness (QED) is 0.380. The minimum atomic E-state index is -1.04. The lowest BCUT2D eigenvalue weighted by molar-refractivity contribution is -0.341. The SMILES string of the molecule is CN(C)c1ccc(CC(O)OCC2OCCOC34CC5CC[C@@H]6C(=C5CC3OCCO4)CC[C@@]3(C)[C@@H]6CC[C@@]23O)cc1. The number of allylic oxidation sites excluding steroid dienone is 1. The van der Waals surface area contributed by atoms with Gasteiger partial charge in [0.2, 0.25) is 0 Å². The fourth-order valence-electron chi connectivity index (χ4n) is 9.70. The Morgan fingerprint density at radius 3 is 2.50 bits per heavy atom. The number of anilines is 1. The highest BCUT2D eigenvalue weighted by Gasteiger charge is 2.65. The summed E-state index contributed by atoms with van der Waals surface area (Å²) in [6.45, 7) is 4.25. The smallest absolute Gasteiger partial charge is 0.195 e. The zero-order chi connectivity index (χ0) is 29.1. The summed E-state index contributed by atoms with van der Waals surface area (Å²) in [5, 5.41) is 23.5. The van der Waals surface area contributed by atoms with Crippen molar-refractivity contribution < 1.29 is 33.9 Å². The standard InChI is InChI=1S/C34H49NO7/c1-32-12-10-25-26-9-6-23-20-34(29(19-27(23)25)38-14-16-41-34)42-17-15-39-30(33(32,37)13-11-28(26)32)21-40-31(36)18-22-4-7-24(8-5-22)35(2)3/h4-5,7-8,23,26,28-31,36-37H,6,9-21H2,1-3H3/t23?,26-,28-,29?,30?,31?,32+,33-,34?/m1/s1. The summed E-state index contributed by atoms with van der Waals surface area (Å²) in [6, 6.07) is 8.13. The summed E-state index contributed by atoms with van der Waals surface area (Å²) in [6.07, 6.45) is 6.45. The molecule has 1 aromatic carbocycles. The van der Waals surface area contributed by atoms with Crippen molar-refractivity contribution in [1.82, 2.24) is 0 Å². The maximum atomic E-state index is 12.6. The van der Waals surface area contributed by atoms with Crippen LogP contribution in [0.15, 0.2) is 35.4 Å². The lowest BCUT2D eigenvalue weighted by Crippen LogP contribution is -2.60. The van der Waals surface area contributed by atoms with Crippen molar-refractivity contribution in [3.05, 3.63) is 41.0 Å². The fraction of sp³-hybridized carbons (Fsp3) is 0.765. The first-order valence-corrected chi connectivity index (χ1v) is 16.2. The average molecular weight is 584 g/mol. The summed E-state index contributed by atoms with van der Waals surface area (Å²) < 4.78 is 31.8. The first-order valence-electron chi connectivity index (χ1n) is 16.2. The highest BCUT2D eigenvalue weighted by molar-refractivity contribution is 5.46. The van der Waals surface area contributed by atoms with Crippen LogP contribution in [0.1, 0.15) is 63.9 Å². The first kappa shape index (κ1) is 29.2. The highest BCUT2D eigenvalue weighted by Crippen LogP contribution is 2.65. The first-order chi connectivity index (χ1) is 20.2. The van der Waals surface area contributed by atoms with E-state index < -0.39 is 23.8 Å². The van der Waals surface area contributed by atoms with Crippen LogP contribution in [0.2, 0.25) is 0 Å². The Balaban J connectivity index is 1.14. The average Bonchev–Trinajstić information content (AvgIpc) is 3.26. The Morgan fingerprint density at radius 1 is 0.976 bits per heavy atom. The van der Waals surface area contributed by atoms with Crippen LogP contribution in [0, 0.1) is 23.2 Å². The second-order valence-corrected chi connectivity index (χ2v) is 14.1. The molecule has 5 unspecified atom stereocenters. The van der Waals surface area contributed by atoms with E-state index in [4.69, 9.17) is 23.7 Å².